The molecule has 2 rings (SSSR count). The molecule has 0 aromatic heterocycles. The van der Waals surface area contributed by atoms with Crippen LogP contribution in [0.4, 0.5) is 14.5 Å². The Balaban J connectivity index is 2.42. The van der Waals surface area contributed by atoms with Crippen molar-refractivity contribution in [2.75, 3.05) is 18.8 Å². The Kier molecular flexibility index (Phi) is 3.75. The van der Waals surface area contributed by atoms with Crippen LogP contribution in [0, 0.1) is 11.6 Å². The van der Waals surface area contributed by atoms with E-state index in [0.717, 1.165) is 16.4 Å². The molecule has 0 saturated carbocycles. The Hall–Kier alpha value is -1.25. The highest BCUT2D eigenvalue weighted by molar-refractivity contribution is 7.89. The van der Waals surface area contributed by atoms with Crippen molar-refractivity contribution in [3.8, 4) is 0 Å². The van der Waals surface area contributed by atoms with E-state index in [9.17, 15) is 22.3 Å². The highest BCUT2D eigenvalue weighted by Crippen LogP contribution is 2.27. The predicted molar refractivity (Wildman–Crippen MR) is 64.8 cm³/mol. The second kappa shape index (κ2) is 5.03. The van der Waals surface area contributed by atoms with Gasteiger partial charge in [0.2, 0.25) is 10.0 Å². The summed E-state index contributed by atoms with van der Waals surface area (Å²) in [5.41, 5.74) is 4.33. The van der Waals surface area contributed by atoms with Crippen LogP contribution in [0.3, 0.4) is 0 Å². The van der Waals surface area contributed by atoms with Crippen LogP contribution in [-0.2, 0) is 10.0 Å². The van der Waals surface area contributed by atoms with E-state index < -0.39 is 38.3 Å². The van der Waals surface area contributed by atoms with Crippen molar-refractivity contribution >= 4 is 15.7 Å². The van der Waals surface area contributed by atoms with E-state index in [4.69, 9.17) is 5.73 Å². The number of rotatable bonds is 2. The zero-order valence-corrected chi connectivity index (χ0v) is 10.8. The molecule has 1 aromatic carbocycles. The molecule has 0 spiro atoms. The van der Waals surface area contributed by atoms with Crippen molar-refractivity contribution < 1.29 is 22.3 Å². The van der Waals surface area contributed by atoms with Gasteiger partial charge in [0, 0.05) is 13.1 Å². The molecule has 8 heteroatoms. The van der Waals surface area contributed by atoms with Gasteiger partial charge in [-0.25, -0.2) is 17.2 Å². The lowest BCUT2D eigenvalue weighted by Crippen LogP contribution is -2.42. The zero-order chi connectivity index (χ0) is 14.2. The quantitative estimate of drug-likeness (QED) is 0.786. The predicted octanol–water partition coefficient (Wildman–Crippen LogP) is 0.692. The van der Waals surface area contributed by atoms with Gasteiger partial charge >= 0.3 is 0 Å². The van der Waals surface area contributed by atoms with Gasteiger partial charge in [-0.3, -0.25) is 0 Å². The fraction of sp³-hybridized carbons (Fsp3) is 0.455. The summed E-state index contributed by atoms with van der Waals surface area (Å²) in [7, 11) is -4.11. The number of hydrogen-bond acceptors (Lipinski definition) is 4. The minimum Gasteiger partial charge on any atom is -0.394 e. The molecule has 1 unspecified atom stereocenters. The maximum absolute atomic E-state index is 13.8. The average Bonchev–Trinajstić information content (AvgIpc) is 2.36. The normalized spacial score (nSPS) is 21.5. The van der Waals surface area contributed by atoms with E-state index >= 15 is 0 Å². The molecule has 0 bridgehead atoms. The number of aliphatic hydroxyl groups excluding tert-OH is 1. The molecular formula is C11H14F2N2O3S. The molecule has 1 saturated heterocycles. The van der Waals surface area contributed by atoms with E-state index in [1.54, 1.807) is 0 Å². The van der Waals surface area contributed by atoms with Crippen molar-refractivity contribution in [1.29, 1.82) is 0 Å². The van der Waals surface area contributed by atoms with Crippen LogP contribution >= 0.6 is 0 Å². The van der Waals surface area contributed by atoms with Gasteiger partial charge in [0.05, 0.1) is 6.10 Å². The number of nitrogens with two attached hydrogens (primary N) is 1. The van der Waals surface area contributed by atoms with Gasteiger partial charge in [0.15, 0.2) is 5.82 Å². The molecule has 1 atom stereocenters. The lowest BCUT2D eigenvalue weighted by atomic mass is 10.1. The fourth-order valence-electron chi connectivity index (χ4n) is 2.03. The van der Waals surface area contributed by atoms with Gasteiger partial charge in [-0.15, -0.1) is 0 Å². The third kappa shape index (κ3) is 2.56. The molecule has 1 heterocycles. The molecular weight excluding hydrogens is 278 g/mol. The highest BCUT2D eigenvalue weighted by Gasteiger charge is 2.32. The first-order valence-electron chi connectivity index (χ1n) is 5.75. The number of aliphatic hydroxyl groups is 1. The number of piperidine rings is 1. The van der Waals surface area contributed by atoms with Crippen molar-refractivity contribution in [3.63, 3.8) is 0 Å². The first-order chi connectivity index (χ1) is 8.84. The molecule has 1 fully saturated rings. The summed E-state index contributed by atoms with van der Waals surface area (Å²) in [6, 6.07) is 1.66. The number of β-amino-alcohol motifs (C(OH)–C–C–N with tert-alkyl or cyclic N) is 1. The second-order valence-electron chi connectivity index (χ2n) is 4.43. The Morgan fingerprint density at radius 2 is 2.05 bits per heavy atom. The average molecular weight is 292 g/mol. The van der Waals surface area contributed by atoms with Crippen LogP contribution in [0.25, 0.3) is 0 Å². The van der Waals surface area contributed by atoms with E-state index in [1.165, 1.54) is 0 Å². The molecule has 1 aliphatic heterocycles. The molecule has 106 valence electrons. The van der Waals surface area contributed by atoms with Crippen LogP contribution in [0.15, 0.2) is 17.0 Å². The Morgan fingerprint density at radius 1 is 1.37 bits per heavy atom. The summed E-state index contributed by atoms with van der Waals surface area (Å²) in [5, 5.41) is 9.47. The summed E-state index contributed by atoms with van der Waals surface area (Å²) in [6.07, 6.45) is 0.211. The minimum absolute atomic E-state index is 0.0982. The standard InChI is InChI=1S/C11H14F2N2O3S/c12-8-3-4-9(10(13)11(8)14)19(17,18)15-5-1-2-7(16)6-15/h3-4,7,16H,1-2,5-6,14H2. The number of anilines is 1. The van der Waals surface area contributed by atoms with Crippen LogP contribution in [-0.4, -0.2) is 37.0 Å². The van der Waals surface area contributed by atoms with Crippen molar-refractivity contribution in [1.82, 2.24) is 4.31 Å². The summed E-state index contributed by atoms with van der Waals surface area (Å²) in [6.45, 7) is 0.0924. The number of halogens is 2. The van der Waals surface area contributed by atoms with Gasteiger partial charge in [-0.1, -0.05) is 0 Å². The number of nitrogens with zero attached hydrogens (tertiary/aromatic N) is 1. The van der Waals surface area contributed by atoms with Crippen LogP contribution in [0.5, 0.6) is 0 Å². The number of benzene rings is 1. The van der Waals surface area contributed by atoms with Crippen LogP contribution < -0.4 is 5.73 Å². The molecule has 0 amide bonds. The second-order valence-corrected chi connectivity index (χ2v) is 6.34. The Labute approximate surface area is 109 Å². The van der Waals surface area contributed by atoms with Gasteiger partial charge in [-0.05, 0) is 25.0 Å². The molecule has 3 N–H and O–H groups in total. The third-order valence-corrected chi connectivity index (χ3v) is 4.95. The van der Waals surface area contributed by atoms with E-state index in [-0.39, 0.29) is 13.1 Å². The van der Waals surface area contributed by atoms with Crippen molar-refractivity contribution in [2.24, 2.45) is 0 Å². The first-order valence-corrected chi connectivity index (χ1v) is 7.19. The van der Waals surface area contributed by atoms with Gasteiger partial charge in [-0.2, -0.15) is 4.31 Å². The molecule has 5 nitrogen and oxygen atoms in total. The SMILES string of the molecule is Nc1c(F)ccc(S(=O)(=O)N2CCCC(O)C2)c1F. The number of sulfonamides is 1. The van der Waals surface area contributed by atoms with Gasteiger partial charge in [0.1, 0.15) is 16.4 Å². The highest BCUT2D eigenvalue weighted by atomic mass is 32.2. The number of nitrogen functional groups attached to an aromatic ring is 1. The summed E-state index contributed by atoms with van der Waals surface area (Å²) in [5.74, 6) is -2.30. The smallest absolute Gasteiger partial charge is 0.246 e. The lowest BCUT2D eigenvalue weighted by Gasteiger charge is -2.29. The maximum atomic E-state index is 13.8. The first kappa shape index (κ1) is 14.2. The lowest BCUT2D eigenvalue weighted by molar-refractivity contribution is 0.108. The summed E-state index contributed by atoms with van der Waals surface area (Å²) < 4.78 is 52.2. The van der Waals surface area contributed by atoms with Gasteiger partial charge in [0.25, 0.3) is 0 Å². The summed E-state index contributed by atoms with van der Waals surface area (Å²) >= 11 is 0. The largest absolute Gasteiger partial charge is 0.394 e. The van der Waals surface area contributed by atoms with Crippen LogP contribution in [0.1, 0.15) is 12.8 Å². The maximum Gasteiger partial charge on any atom is 0.246 e. The van der Waals surface area contributed by atoms with Gasteiger partial charge < -0.3 is 10.8 Å². The zero-order valence-electron chi connectivity index (χ0n) is 10.0. The Bertz CT molecular complexity index is 592. The molecule has 1 aromatic rings. The molecule has 0 aliphatic carbocycles. The van der Waals surface area contributed by atoms with E-state index in [0.29, 0.717) is 12.8 Å². The molecule has 19 heavy (non-hydrogen) atoms. The monoisotopic (exact) mass is 292 g/mol. The van der Waals surface area contributed by atoms with E-state index in [2.05, 4.69) is 0 Å². The van der Waals surface area contributed by atoms with E-state index in [1.807, 2.05) is 0 Å². The summed E-state index contributed by atoms with van der Waals surface area (Å²) in [4.78, 5) is -0.666. The fourth-order valence-corrected chi connectivity index (χ4v) is 3.62. The number of hydrogen-bond donors (Lipinski definition) is 2. The molecule has 1 aliphatic rings. The third-order valence-electron chi connectivity index (χ3n) is 3.07. The van der Waals surface area contributed by atoms with Crippen molar-refractivity contribution in [2.45, 2.75) is 23.8 Å². The molecule has 0 radical (unpaired) electrons. The minimum atomic E-state index is -4.11. The Morgan fingerprint density at radius 3 is 2.68 bits per heavy atom. The van der Waals surface area contributed by atoms with Crippen LogP contribution in [0.2, 0.25) is 0 Å². The van der Waals surface area contributed by atoms with Crippen molar-refractivity contribution in [3.05, 3.63) is 23.8 Å². The topological polar surface area (TPSA) is 83.6 Å².